The number of primary amides is 1. The predicted molar refractivity (Wildman–Crippen MR) is 74.3 cm³/mol. The minimum absolute atomic E-state index is 0.124. The molecule has 1 aliphatic heterocycles. The van der Waals surface area contributed by atoms with Crippen LogP contribution in [0, 0.1) is 5.41 Å². The fourth-order valence-corrected chi connectivity index (χ4v) is 2.32. The molecule has 1 aliphatic rings. The molecule has 0 saturated carbocycles. The van der Waals surface area contributed by atoms with Gasteiger partial charge in [0.2, 0.25) is 11.8 Å². The van der Waals surface area contributed by atoms with Crippen LogP contribution in [-0.2, 0) is 9.59 Å². The van der Waals surface area contributed by atoms with Crippen LogP contribution in [0.3, 0.4) is 0 Å². The molecule has 0 aromatic heterocycles. The van der Waals surface area contributed by atoms with Crippen LogP contribution in [0.5, 0.6) is 0 Å². The van der Waals surface area contributed by atoms with Crippen molar-refractivity contribution in [3.05, 3.63) is 0 Å². The highest BCUT2D eigenvalue weighted by atomic mass is 16.2. The molecule has 19 heavy (non-hydrogen) atoms. The molecule has 1 fully saturated rings. The van der Waals surface area contributed by atoms with E-state index < -0.39 is 5.41 Å². The van der Waals surface area contributed by atoms with Crippen molar-refractivity contribution in [2.24, 2.45) is 16.9 Å². The Labute approximate surface area is 115 Å². The molecule has 1 saturated heterocycles. The van der Waals surface area contributed by atoms with Gasteiger partial charge < -0.3 is 16.4 Å². The second-order valence-corrected chi connectivity index (χ2v) is 5.51. The number of nitrogens with zero attached hydrogens (tertiary/aromatic N) is 2. The van der Waals surface area contributed by atoms with Crippen LogP contribution in [0.2, 0.25) is 0 Å². The van der Waals surface area contributed by atoms with E-state index in [-0.39, 0.29) is 18.4 Å². The van der Waals surface area contributed by atoms with Crippen LogP contribution in [0.15, 0.2) is 0 Å². The third-order valence-corrected chi connectivity index (χ3v) is 4.00. The predicted octanol–water partition coefficient (Wildman–Crippen LogP) is -0.619. The molecule has 6 nitrogen and oxygen atoms in total. The topological polar surface area (TPSA) is 92.7 Å². The van der Waals surface area contributed by atoms with Gasteiger partial charge in [0.15, 0.2) is 0 Å². The number of hydrogen-bond acceptors (Lipinski definition) is 4. The van der Waals surface area contributed by atoms with Crippen molar-refractivity contribution in [2.75, 3.05) is 39.3 Å². The zero-order chi connectivity index (χ0) is 14.5. The van der Waals surface area contributed by atoms with Gasteiger partial charge in [0, 0.05) is 32.7 Å². The van der Waals surface area contributed by atoms with Gasteiger partial charge >= 0.3 is 0 Å². The third-order valence-electron chi connectivity index (χ3n) is 4.00. The first kappa shape index (κ1) is 15.9. The number of carbonyl (C=O) groups excluding carboxylic acids is 2. The summed E-state index contributed by atoms with van der Waals surface area (Å²) < 4.78 is 0. The summed E-state index contributed by atoms with van der Waals surface area (Å²) in [5.41, 5.74) is 10.5. The normalized spacial score (nSPS) is 20.7. The van der Waals surface area contributed by atoms with Gasteiger partial charge in [-0.2, -0.15) is 0 Å². The van der Waals surface area contributed by atoms with Crippen molar-refractivity contribution < 1.29 is 9.59 Å². The van der Waals surface area contributed by atoms with Gasteiger partial charge in [-0.15, -0.1) is 0 Å². The van der Waals surface area contributed by atoms with Crippen molar-refractivity contribution in [1.82, 2.24) is 9.80 Å². The van der Waals surface area contributed by atoms with Gasteiger partial charge in [-0.25, -0.2) is 0 Å². The number of carbonyl (C=O) groups is 2. The molecule has 6 heteroatoms. The standard InChI is InChI=1S/C13H26N4O2/c1-3-13(2,10-14)12(19)17-6-4-5-16(7-8-17)9-11(15)18/h3-10,14H2,1-2H3,(H2,15,18). The Hall–Kier alpha value is -1.14. The fourth-order valence-electron chi connectivity index (χ4n) is 2.32. The Kier molecular flexibility index (Phi) is 5.75. The van der Waals surface area contributed by atoms with Gasteiger partial charge in [-0.1, -0.05) is 6.92 Å². The van der Waals surface area contributed by atoms with Gasteiger partial charge in [0.25, 0.3) is 0 Å². The summed E-state index contributed by atoms with van der Waals surface area (Å²) in [6, 6.07) is 0. The van der Waals surface area contributed by atoms with Crippen LogP contribution in [0.25, 0.3) is 0 Å². The quantitative estimate of drug-likeness (QED) is 0.696. The van der Waals surface area contributed by atoms with Crippen LogP contribution >= 0.6 is 0 Å². The molecule has 110 valence electrons. The monoisotopic (exact) mass is 270 g/mol. The maximum Gasteiger partial charge on any atom is 0.231 e. The molecule has 0 spiro atoms. The molecule has 0 aromatic carbocycles. The van der Waals surface area contributed by atoms with E-state index in [9.17, 15) is 9.59 Å². The molecule has 0 aromatic rings. The van der Waals surface area contributed by atoms with Gasteiger partial charge in [-0.05, 0) is 19.8 Å². The zero-order valence-electron chi connectivity index (χ0n) is 12.0. The molecule has 1 rings (SSSR count). The van der Waals surface area contributed by atoms with E-state index in [2.05, 4.69) is 0 Å². The van der Waals surface area contributed by atoms with Gasteiger partial charge in [0.1, 0.15) is 0 Å². The summed E-state index contributed by atoms with van der Waals surface area (Å²) in [5.74, 6) is -0.196. The van der Waals surface area contributed by atoms with E-state index in [4.69, 9.17) is 11.5 Å². The first-order chi connectivity index (χ1) is 8.92. The lowest BCUT2D eigenvalue weighted by Gasteiger charge is -2.32. The lowest BCUT2D eigenvalue weighted by atomic mass is 9.86. The van der Waals surface area contributed by atoms with E-state index in [1.807, 2.05) is 23.6 Å². The summed E-state index contributed by atoms with van der Waals surface area (Å²) in [5, 5.41) is 0. The minimum Gasteiger partial charge on any atom is -0.369 e. The molecule has 1 unspecified atom stereocenters. The zero-order valence-corrected chi connectivity index (χ0v) is 12.0. The Morgan fingerprint density at radius 2 is 1.89 bits per heavy atom. The van der Waals surface area contributed by atoms with Gasteiger partial charge in [0.05, 0.1) is 12.0 Å². The summed E-state index contributed by atoms with van der Waals surface area (Å²) in [4.78, 5) is 27.3. The smallest absolute Gasteiger partial charge is 0.231 e. The molecule has 2 amide bonds. The Balaban J connectivity index is 2.62. The average Bonchev–Trinajstić information content (AvgIpc) is 2.62. The lowest BCUT2D eigenvalue weighted by molar-refractivity contribution is -0.140. The highest BCUT2D eigenvalue weighted by molar-refractivity contribution is 5.82. The van der Waals surface area contributed by atoms with Crippen LogP contribution in [0.1, 0.15) is 26.7 Å². The molecule has 0 bridgehead atoms. The summed E-state index contributed by atoms with van der Waals surface area (Å²) in [6.45, 7) is 7.40. The first-order valence-corrected chi connectivity index (χ1v) is 6.93. The minimum atomic E-state index is -0.473. The van der Waals surface area contributed by atoms with Crippen LogP contribution in [-0.4, -0.2) is 60.9 Å². The molecule has 0 aliphatic carbocycles. The van der Waals surface area contributed by atoms with Crippen LogP contribution < -0.4 is 11.5 Å². The Morgan fingerprint density at radius 3 is 2.42 bits per heavy atom. The SMILES string of the molecule is CCC(C)(CN)C(=O)N1CCCN(CC(N)=O)CC1. The van der Waals surface area contributed by atoms with E-state index in [1.54, 1.807) is 0 Å². The van der Waals surface area contributed by atoms with E-state index in [0.29, 0.717) is 19.6 Å². The lowest BCUT2D eigenvalue weighted by Crippen LogP contribution is -2.47. The second-order valence-electron chi connectivity index (χ2n) is 5.51. The van der Waals surface area contributed by atoms with E-state index in [0.717, 1.165) is 25.9 Å². The summed E-state index contributed by atoms with van der Waals surface area (Å²) >= 11 is 0. The Morgan fingerprint density at radius 1 is 1.21 bits per heavy atom. The molecular weight excluding hydrogens is 244 g/mol. The molecule has 0 radical (unpaired) electrons. The van der Waals surface area contributed by atoms with E-state index in [1.165, 1.54) is 0 Å². The molecule has 1 heterocycles. The average molecular weight is 270 g/mol. The number of amides is 2. The van der Waals surface area contributed by atoms with Crippen molar-refractivity contribution in [1.29, 1.82) is 0 Å². The number of hydrogen-bond donors (Lipinski definition) is 2. The first-order valence-electron chi connectivity index (χ1n) is 6.93. The van der Waals surface area contributed by atoms with Crippen molar-refractivity contribution in [3.63, 3.8) is 0 Å². The van der Waals surface area contributed by atoms with Crippen molar-refractivity contribution >= 4 is 11.8 Å². The highest BCUT2D eigenvalue weighted by Crippen LogP contribution is 2.23. The number of rotatable bonds is 5. The summed E-state index contributed by atoms with van der Waals surface area (Å²) in [6.07, 6.45) is 1.60. The summed E-state index contributed by atoms with van der Waals surface area (Å²) in [7, 11) is 0. The second kappa shape index (κ2) is 6.86. The maximum atomic E-state index is 12.5. The molecular formula is C13H26N4O2. The third kappa shape index (κ3) is 4.18. The Bertz CT molecular complexity index is 329. The largest absolute Gasteiger partial charge is 0.369 e. The van der Waals surface area contributed by atoms with Crippen LogP contribution in [0.4, 0.5) is 0 Å². The maximum absolute atomic E-state index is 12.5. The van der Waals surface area contributed by atoms with Crippen molar-refractivity contribution in [2.45, 2.75) is 26.7 Å². The number of nitrogens with two attached hydrogens (primary N) is 2. The molecule has 4 N–H and O–H groups in total. The van der Waals surface area contributed by atoms with E-state index >= 15 is 0 Å². The highest BCUT2D eigenvalue weighted by Gasteiger charge is 2.34. The van der Waals surface area contributed by atoms with Gasteiger partial charge in [-0.3, -0.25) is 14.5 Å². The fraction of sp³-hybridized carbons (Fsp3) is 0.846. The van der Waals surface area contributed by atoms with Crippen molar-refractivity contribution in [3.8, 4) is 0 Å². The molecule has 1 atom stereocenters.